The SMILES string of the molecule is CNC(=O)c1ccc2c(c1)nc(-c1ccc3cn[nH]c3c1)n2C(CC(=O)O)C(C)(C)C. The van der Waals surface area contributed by atoms with E-state index < -0.39 is 5.97 Å². The first-order valence-electron chi connectivity index (χ1n) is 10.1. The molecule has 8 heteroatoms. The second-order valence-corrected chi connectivity index (χ2v) is 8.74. The minimum atomic E-state index is -0.876. The molecule has 4 rings (SSSR count). The summed E-state index contributed by atoms with van der Waals surface area (Å²) >= 11 is 0. The fourth-order valence-electron chi connectivity index (χ4n) is 3.93. The van der Waals surface area contributed by atoms with Gasteiger partial charge in [0.2, 0.25) is 0 Å². The molecular formula is C23H25N5O3. The monoisotopic (exact) mass is 419 g/mol. The summed E-state index contributed by atoms with van der Waals surface area (Å²) in [7, 11) is 1.58. The van der Waals surface area contributed by atoms with Crippen molar-refractivity contribution in [2.75, 3.05) is 7.05 Å². The molecule has 0 spiro atoms. The van der Waals surface area contributed by atoms with Gasteiger partial charge in [0.25, 0.3) is 5.91 Å². The first kappa shape index (κ1) is 20.6. The number of aliphatic carboxylic acids is 1. The zero-order valence-electron chi connectivity index (χ0n) is 17.9. The molecule has 1 atom stereocenters. The van der Waals surface area contributed by atoms with E-state index in [1.54, 1.807) is 25.4 Å². The third kappa shape index (κ3) is 3.76. The van der Waals surface area contributed by atoms with Gasteiger partial charge in [-0.15, -0.1) is 0 Å². The van der Waals surface area contributed by atoms with Gasteiger partial charge < -0.3 is 15.0 Å². The van der Waals surface area contributed by atoms with Crippen molar-refractivity contribution in [3.63, 3.8) is 0 Å². The van der Waals surface area contributed by atoms with Gasteiger partial charge in [-0.1, -0.05) is 32.9 Å². The van der Waals surface area contributed by atoms with Gasteiger partial charge in [-0.25, -0.2) is 4.98 Å². The number of rotatable bonds is 5. The minimum absolute atomic E-state index is 0.0501. The zero-order valence-corrected chi connectivity index (χ0v) is 17.9. The number of carboxylic acid groups (broad SMARTS) is 1. The standard InChI is InChI=1S/C23H25N5O3/c1-23(2,3)19(11-20(29)30)28-18-8-7-14(22(31)24-4)10-17(18)26-21(28)13-5-6-15-12-25-27-16(15)9-13/h5-10,12,19H,11H2,1-4H3,(H,24,31)(H,25,27)(H,29,30). The topological polar surface area (TPSA) is 113 Å². The summed E-state index contributed by atoms with van der Waals surface area (Å²) in [6.45, 7) is 6.06. The molecule has 0 bridgehead atoms. The summed E-state index contributed by atoms with van der Waals surface area (Å²) in [5.74, 6) is -0.421. The number of amides is 1. The Balaban J connectivity index is 2.01. The lowest BCUT2D eigenvalue weighted by atomic mass is 9.84. The molecule has 31 heavy (non-hydrogen) atoms. The van der Waals surface area contributed by atoms with Gasteiger partial charge in [0.05, 0.1) is 35.2 Å². The van der Waals surface area contributed by atoms with Crippen molar-refractivity contribution in [1.82, 2.24) is 25.1 Å². The Kier molecular flexibility index (Phi) is 5.00. The molecule has 3 N–H and O–H groups in total. The molecule has 1 amide bonds. The van der Waals surface area contributed by atoms with Crippen molar-refractivity contribution in [2.24, 2.45) is 5.41 Å². The molecule has 160 valence electrons. The molecule has 0 saturated heterocycles. The fourth-order valence-corrected chi connectivity index (χ4v) is 3.93. The normalized spacial score (nSPS) is 12.9. The number of imidazole rings is 1. The molecular weight excluding hydrogens is 394 g/mol. The second-order valence-electron chi connectivity index (χ2n) is 8.74. The number of fused-ring (bicyclic) bond motifs is 2. The summed E-state index contributed by atoms with van der Waals surface area (Å²) in [5.41, 5.74) is 3.29. The number of carbonyl (C=O) groups is 2. The van der Waals surface area contributed by atoms with E-state index in [9.17, 15) is 14.7 Å². The van der Waals surface area contributed by atoms with Crippen LogP contribution in [-0.4, -0.2) is 43.8 Å². The Morgan fingerprint density at radius 1 is 1.19 bits per heavy atom. The van der Waals surface area contributed by atoms with Gasteiger partial charge in [0, 0.05) is 23.6 Å². The van der Waals surface area contributed by atoms with Crippen LogP contribution in [0.3, 0.4) is 0 Å². The number of carbonyl (C=O) groups excluding carboxylic acids is 1. The number of hydrogen-bond acceptors (Lipinski definition) is 4. The van der Waals surface area contributed by atoms with Crippen LogP contribution in [0.1, 0.15) is 43.6 Å². The van der Waals surface area contributed by atoms with E-state index in [0.717, 1.165) is 22.0 Å². The maximum Gasteiger partial charge on any atom is 0.305 e. The quantitative estimate of drug-likeness (QED) is 0.452. The van der Waals surface area contributed by atoms with Gasteiger partial charge in [-0.05, 0) is 29.7 Å². The number of H-pyrrole nitrogens is 1. The Morgan fingerprint density at radius 2 is 1.97 bits per heavy atom. The highest BCUT2D eigenvalue weighted by molar-refractivity contribution is 5.98. The Labute approximate surface area is 179 Å². The lowest BCUT2D eigenvalue weighted by molar-refractivity contribution is -0.138. The largest absolute Gasteiger partial charge is 0.481 e. The molecule has 0 saturated carbocycles. The average Bonchev–Trinajstić information content (AvgIpc) is 3.33. The van der Waals surface area contributed by atoms with Gasteiger partial charge in [0.15, 0.2) is 0 Å². The number of hydrogen-bond donors (Lipinski definition) is 3. The van der Waals surface area contributed by atoms with E-state index >= 15 is 0 Å². The van der Waals surface area contributed by atoms with Crippen molar-refractivity contribution >= 4 is 33.8 Å². The van der Waals surface area contributed by atoms with Crippen molar-refractivity contribution < 1.29 is 14.7 Å². The Hall–Kier alpha value is -3.68. The van der Waals surface area contributed by atoms with E-state index in [2.05, 4.69) is 15.5 Å². The van der Waals surface area contributed by atoms with Gasteiger partial charge >= 0.3 is 5.97 Å². The molecule has 0 aliphatic heterocycles. The lowest BCUT2D eigenvalue weighted by Gasteiger charge is -2.32. The summed E-state index contributed by atoms with van der Waals surface area (Å²) in [4.78, 5) is 28.7. The molecule has 4 aromatic rings. The van der Waals surface area contributed by atoms with Crippen molar-refractivity contribution in [1.29, 1.82) is 0 Å². The van der Waals surface area contributed by atoms with Crippen LogP contribution < -0.4 is 5.32 Å². The molecule has 0 fully saturated rings. The predicted octanol–water partition coefficient (Wildman–Crippen LogP) is 4.00. The number of carboxylic acids is 1. The Bertz CT molecular complexity index is 1300. The summed E-state index contributed by atoms with van der Waals surface area (Å²) in [5, 5.41) is 20.3. The molecule has 8 nitrogen and oxygen atoms in total. The highest BCUT2D eigenvalue weighted by Crippen LogP contribution is 2.40. The van der Waals surface area contributed by atoms with Crippen LogP contribution in [0.25, 0.3) is 33.3 Å². The van der Waals surface area contributed by atoms with Crippen LogP contribution >= 0.6 is 0 Å². The third-order valence-corrected chi connectivity index (χ3v) is 5.56. The Morgan fingerprint density at radius 3 is 2.65 bits per heavy atom. The van der Waals surface area contributed by atoms with Crippen molar-refractivity contribution in [3.05, 3.63) is 48.2 Å². The van der Waals surface area contributed by atoms with Crippen LogP contribution in [0.2, 0.25) is 0 Å². The third-order valence-electron chi connectivity index (χ3n) is 5.56. The molecule has 2 heterocycles. The smallest absolute Gasteiger partial charge is 0.305 e. The van der Waals surface area contributed by atoms with Gasteiger partial charge in [0.1, 0.15) is 5.82 Å². The molecule has 0 aliphatic rings. The summed E-state index contributed by atoms with van der Waals surface area (Å²) in [6.07, 6.45) is 1.70. The van der Waals surface area contributed by atoms with Crippen LogP contribution in [0.5, 0.6) is 0 Å². The van der Waals surface area contributed by atoms with Gasteiger partial charge in [-0.3, -0.25) is 14.7 Å². The maximum absolute atomic E-state index is 12.1. The van der Waals surface area contributed by atoms with E-state index in [1.165, 1.54) is 0 Å². The first-order chi connectivity index (χ1) is 14.7. The molecule has 2 aromatic heterocycles. The van der Waals surface area contributed by atoms with Crippen LogP contribution in [0.4, 0.5) is 0 Å². The molecule has 1 unspecified atom stereocenters. The van der Waals surface area contributed by atoms with E-state index in [4.69, 9.17) is 4.98 Å². The number of aromatic amines is 1. The van der Waals surface area contributed by atoms with Crippen LogP contribution in [-0.2, 0) is 4.79 Å². The average molecular weight is 419 g/mol. The highest BCUT2D eigenvalue weighted by atomic mass is 16.4. The first-order valence-corrected chi connectivity index (χ1v) is 10.1. The summed E-state index contributed by atoms with van der Waals surface area (Å²) < 4.78 is 1.99. The van der Waals surface area contributed by atoms with E-state index in [1.807, 2.05) is 49.6 Å². The van der Waals surface area contributed by atoms with Crippen LogP contribution in [0, 0.1) is 5.41 Å². The van der Waals surface area contributed by atoms with Crippen LogP contribution in [0.15, 0.2) is 42.6 Å². The lowest BCUT2D eigenvalue weighted by Crippen LogP contribution is -2.27. The number of nitrogens with zero attached hydrogens (tertiary/aromatic N) is 3. The number of nitrogens with one attached hydrogen (secondary N) is 2. The minimum Gasteiger partial charge on any atom is -0.481 e. The highest BCUT2D eigenvalue weighted by Gasteiger charge is 2.32. The van der Waals surface area contributed by atoms with Crippen molar-refractivity contribution in [2.45, 2.75) is 33.2 Å². The predicted molar refractivity (Wildman–Crippen MR) is 119 cm³/mol. The summed E-state index contributed by atoms with van der Waals surface area (Å²) in [6, 6.07) is 10.8. The molecule has 2 aromatic carbocycles. The zero-order chi connectivity index (χ0) is 22.3. The second kappa shape index (κ2) is 7.54. The van der Waals surface area contributed by atoms with Gasteiger partial charge in [-0.2, -0.15) is 5.10 Å². The fraction of sp³-hybridized carbons (Fsp3) is 0.304. The molecule has 0 radical (unpaired) electrons. The number of benzene rings is 2. The molecule has 0 aliphatic carbocycles. The van der Waals surface area contributed by atoms with E-state index in [0.29, 0.717) is 16.9 Å². The number of aromatic nitrogens is 4. The van der Waals surface area contributed by atoms with E-state index in [-0.39, 0.29) is 23.8 Å². The maximum atomic E-state index is 12.1. The van der Waals surface area contributed by atoms with Crippen molar-refractivity contribution in [3.8, 4) is 11.4 Å².